The molecule has 3 rings (SSSR count). The van der Waals surface area contributed by atoms with E-state index in [9.17, 15) is 9.18 Å². The summed E-state index contributed by atoms with van der Waals surface area (Å²) in [4.78, 5) is 12.4. The van der Waals surface area contributed by atoms with E-state index in [1.807, 2.05) is 61.5 Å². The van der Waals surface area contributed by atoms with Crippen molar-refractivity contribution in [1.29, 1.82) is 0 Å². The standard InChI is InChI=1S/C23H20FNO2/c1-16-6-7-18(9-8-17-4-3-5-21(14-17)27-2)15-22(16)25-23(26)19-10-12-20(24)13-11-19/h3-15H,1-2H3,(H,25,26)/b9-8+. The molecule has 0 spiro atoms. The van der Waals surface area contributed by atoms with E-state index in [1.165, 1.54) is 24.3 Å². The molecule has 0 heterocycles. The van der Waals surface area contributed by atoms with Crippen LogP contribution in [0.3, 0.4) is 0 Å². The highest BCUT2D eigenvalue weighted by Crippen LogP contribution is 2.21. The van der Waals surface area contributed by atoms with Crippen LogP contribution in [-0.2, 0) is 0 Å². The van der Waals surface area contributed by atoms with Crippen molar-refractivity contribution in [3.8, 4) is 5.75 Å². The lowest BCUT2D eigenvalue weighted by molar-refractivity contribution is 0.102. The number of anilines is 1. The number of rotatable bonds is 5. The second-order valence-corrected chi connectivity index (χ2v) is 6.15. The lowest BCUT2D eigenvalue weighted by atomic mass is 10.1. The molecule has 0 atom stereocenters. The number of benzene rings is 3. The molecular formula is C23H20FNO2. The SMILES string of the molecule is COc1cccc(/C=C/c2ccc(C)c(NC(=O)c3ccc(F)cc3)c2)c1. The van der Waals surface area contributed by atoms with Gasteiger partial charge in [-0.1, -0.05) is 36.4 Å². The lowest BCUT2D eigenvalue weighted by Gasteiger charge is -2.09. The first-order valence-electron chi connectivity index (χ1n) is 8.55. The Bertz CT molecular complexity index is 978. The molecule has 0 aliphatic heterocycles. The Morgan fingerprint density at radius 2 is 1.67 bits per heavy atom. The van der Waals surface area contributed by atoms with Crippen molar-refractivity contribution in [3.63, 3.8) is 0 Å². The molecule has 0 fully saturated rings. The van der Waals surface area contributed by atoms with E-state index in [0.29, 0.717) is 5.56 Å². The minimum absolute atomic E-state index is 0.271. The molecule has 1 amide bonds. The highest BCUT2D eigenvalue weighted by molar-refractivity contribution is 6.04. The van der Waals surface area contributed by atoms with Crippen LogP contribution in [0, 0.1) is 12.7 Å². The van der Waals surface area contributed by atoms with Crippen molar-refractivity contribution in [2.24, 2.45) is 0 Å². The summed E-state index contributed by atoms with van der Waals surface area (Å²) >= 11 is 0. The zero-order chi connectivity index (χ0) is 19.2. The van der Waals surface area contributed by atoms with E-state index in [0.717, 1.165) is 28.1 Å². The number of ether oxygens (including phenoxy) is 1. The summed E-state index contributed by atoms with van der Waals surface area (Å²) in [6.07, 6.45) is 3.96. The summed E-state index contributed by atoms with van der Waals surface area (Å²) in [5.41, 5.74) is 4.05. The van der Waals surface area contributed by atoms with Crippen molar-refractivity contribution in [1.82, 2.24) is 0 Å². The van der Waals surface area contributed by atoms with Crippen LogP contribution in [0.1, 0.15) is 27.0 Å². The molecule has 0 unspecified atom stereocenters. The van der Waals surface area contributed by atoms with Crippen molar-refractivity contribution in [2.75, 3.05) is 12.4 Å². The molecule has 3 nitrogen and oxygen atoms in total. The first kappa shape index (κ1) is 18.4. The molecule has 0 aliphatic rings. The predicted octanol–water partition coefficient (Wildman–Crippen LogP) is 5.57. The van der Waals surface area contributed by atoms with E-state index < -0.39 is 0 Å². The van der Waals surface area contributed by atoms with Gasteiger partial charge >= 0.3 is 0 Å². The molecule has 27 heavy (non-hydrogen) atoms. The van der Waals surface area contributed by atoms with Gasteiger partial charge in [0, 0.05) is 11.3 Å². The highest BCUT2D eigenvalue weighted by atomic mass is 19.1. The van der Waals surface area contributed by atoms with Crippen molar-refractivity contribution in [2.45, 2.75) is 6.92 Å². The minimum Gasteiger partial charge on any atom is -0.497 e. The fourth-order valence-corrected chi connectivity index (χ4v) is 2.61. The van der Waals surface area contributed by atoms with Gasteiger partial charge in [0.1, 0.15) is 11.6 Å². The number of halogens is 1. The molecule has 0 radical (unpaired) electrons. The van der Waals surface area contributed by atoms with E-state index in [2.05, 4.69) is 5.32 Å². The molecule has 0 saturated carbocycles. The lowest BCUT2D eigenvalue weighted by Crippen LogP contribution is -2.12. The predicted molar refractivity (Wildman–Crippen MR) is 107 cm³/mol. The van der Waals surface area contributed by atoms with Gasteiger partial charge in [-0.25, -0.2) is 4.39 Å². The average molecular weight is 361 g/mol. The second kappa shape index (κ2) is 8.32. The summed E-state index contributed by atoms with van der Waals surface area (Å²) in [5.74, 6) is 0.160. The van der Waals surface area contributed by atoms with Gasteiger partial charge in [-0.15, -0.1) is 0 Å². The number of aryl methyl sites for hydroxylation is 1. The summed E-state index contributed by atoms with van der Waals surface area (Å²) in [5, 5.41) is 2.89. The van der Waals surface area contributed by atoms with Crippen molar-refractivity contribution >= 4 is 23.7 Å². The van der Waals surface area contributed by atoms with Gasteiger partial charge in [0.15, 0.2) is 0 Å². The minimum atomic E-state index is -0.368. The van der Waals surface area contributed by atoms with E-state index in [-0.39, 0.29) is 11.7 Å². The topological polar surface area (TPSA) is 38.3 Å². The normalized spacial score (nSPS) is 10.8. The van der Waals surface area contributed by atoms with Gasteiger partial charge in [0.2, 0.25) is 0 Å². The Hall–Kier alpha value is -3.40. The molecule has 0 bridgehead atoms. The van der Waals surface area contributed by atoms with E-state index in [4.69, 9.17) is 4.74 Å². The van der Waals surface area contributed by atoms with Gasteiger partial charge in [-0.2, -0.15) is 0 Å². The smallest absolute Gasteiger partial charge is 0.255 e. The van der Waals surface area contributed by atoms with E-state index >= 15 is 0 Å². The molecule has 0 aliphatic carbocycles. The zero-order valence-electron chi connectivity index (χ0n) is 15.2. The third kappa shape index (κ3) is 4.82. The maximum Gasteiger partial charge on any atom is 0.255 e. The highest BCUT2D eigenvalue weighted by Gasteiger charge is 2.08. The van der Waals surface area contributed by atoms with Crippen LogP contribution in [0.15, 0.2) is 66.7 Å². The largest absolute Gasteiger partial charge is 0.497 e. The third-order valence-corrected chi connectivity index (χ3v) is 4.18. The first-order chi connectivity index (χ1) is 13.0. The third-order valence-electron chi connectivity index (χ3n) is 4.18. The maximum absolute atomic E-state index is 13.0. The van der Waals surface area contributed by atoms with E-state index in [1.54, 1.807) is 7.11 Å². The van der Waals surface area contributed by atoms with Crippen LogP contribution < -0.4 is 10.1 Å². The molecule has 3 aromatic rings. The van der Waals surface area contributed by atoms with Gasteiger partial charge in [-0.05, 0) is 66.1 Å². The van der Waals surface area contributed by atoms with Crippen LogP contribution in [0.25, 0.3) is 12.2 Å². The Balaban J connectivity index is 1.78. The number of carbonyl (C=O) groups excluding carboxylic acids is 1. The Morgan fingerprint density at radius 1 is 0.963 bits per heavy atom. The van der Waals surface area contributed by atoms with Gasteiger partial charge < -0.3 is 10.1 Å². The van der Waals surface area contributed by atoms with Crippen LogP contribution in [0.4, 0.5) is 10.1 Å². The molecule has 4 heteroatoms. The van der Waals surface area contributed by atoms with Crippen LogP contribution >= 0.6 is 0 Å². The Kier molecular flexibility index (Phi) is 5.67. The Labute approximate surface area is 158 Å². The molecular weight excluding hydrogens is 341 g/mol. The molecule has 0 saturated heterocycles. The fourth-order valence-electron chi connectivity index (χ4n) is 2.61. The maximum atomic E-state index is 13.0. The number of hydrogen-bond acceptors (Lipinski definition) is 2. The molecule has 3 aromatic carbocycles. The van der Waals surface area contributed by atoms with Gasteiger partial charge in [-0.3, -0.25) is 4.79 Å². The fraction of sp³-hybridized carbons (Fsp3) is 0.0870. The number of amides is 1. The monoisotopic (exact) mass is 361 g/mol. The summed E-state index contributed by atoms with van der Waals surface area (Å²) in [6.45, 7) is 1.93. The summed E-state index contributed by atoms with van der Waals surface area (Å²) < 4.78 is 18.2. The molecule has 0 aromatic heterocycles. The molecule has 1 N–H and O–H groups in total. The quantitative estimate of drug-likeness (QED) is 0.604. The van der Waals surface area contributed by atoms with Crippen molar-refractivity contribution < 1.29 is 13.9 Å². The van der Waals surface area contributed by atoms with Crippen molar-refractivity contribution in [3.05, 3.63) is 94.8 Å². The van der Waals surface area contributed by atoms with Crippen LogP contribution in [0.5, 0.6) is 5.75 Å². The summed E-state index contributed by atoms with van der Waals surface area (Å²) in [7, 11) is 1.64. The van der Waals surface area contributed by atoms with Crippen LogP contribution in [-0.4, -0.2) is 13.0 Å². The Morgan fingerprint density at radius 3 is 2.37 bits per heavy atom. The number of nitrogens with one attached hydrogen (secondary N) is 1. The first-order valence-corrected chi connectivity index (χ1v) is 8.55. The average Bonchev–Trinajstić information content (AvgIpc) is 2.69. The van der Waals surface area contributed by atoms with Crippen LogP contribution in [0.2, 0.25) is 0 Å². The van der Waals surface area contributed by atoms with Gasteiger partial charge in [0.05, 0.1) is 7.11 Å². The number of methoxy groups -OCH3 is 1. The van der Waals surface area contributed by atoms with Gasteiger partial charge in [0.25, 0.3) is 5.91 Å². The number of carbonyl (C=O) groups is 1. The summed E-state index contributed by atoms with van der Waals surface area (Å²) in [6, 6.07) is 19.1. The second-order valence-electron chi connectivity index (χ2n) is 6.15. The number of hydrogen-bond donors (Lipinski definition) is 1. The molecule has 136 valence electrons. The zero-order valence-corrected chi connectivity index (χ0v) is 15.2.